The molecule has 2 aliphatic rings. The van der Waals surface area contributed by atoms with E-state index in [1.807, 2.05) is 23.0 Å². The monoisotopic (exact) mass is 517 g/mol. The second kappa shape index (κ2) is 10.2. The number of fused-ring (bicyclic) bond motifs is 1. The third-order valence-corrected chi connectivity index (χ3v) is 8.21. The molecule has 4 aromatic rings. The molecule has 1 aromatic heterocycles. The van der Waals surface area contributed by atoms with Crippen molar-refractivity contribution in [3.8, 4) is 11.1 Å². The van der Waals surface area contributed by atoms with E-state index in [-0.39, 0.29) is 6.04 Å². The fraction of sp³-hybridized carbons (Fsp3) is 0.294. The van der Waals surface area contributed by atoms with Gasteiger partial charge in [0, 0.05) is 35.6 Å². The molecule has 0 radical (unpaired) electrons. The summed E-state index contributed by atoms with van der Waals surface area (Å²) >= 11 is 0. The molecule has 0 saturated heterocycles. The van der Waals surface area contributed by atoms with Crippen LogP contribution >= 0.6 is 0 Å². The Morgan fingerprint density at radius 1 is 1.00 bits per heavy atom. The number of anilines is 1. The standard InChI is InChI=1S/C34H35N3O2/c1-4-36-21-30(20-35-36)28-13-16-32-29(19-28)18-23(3)37(31-14-11-26(12-15-31)25-9-10-25)33(32)27-7-5-24(6-8-27)17-22(2)34(38)39/h5-8,11-17,19-21,23,25,33H,4,9-10,18H2,1-3H3,(H,38,39)/b22-17+/t23-,33-/m0/s1. The number of nitrogens with zero attached hydrogens (tertiary/aromatic N) is 3. The van der Waals surface area contributed by atoms with Crippen LogP contribution in [0, 0.1) is 0 Å². The van der Waals surface area contributed by atoms with Crippen LogP contribution in [0.25, 0.3) is 17.2 Å². The predicted octanol–water partition coefficient (Wildman–Crippen LogP) is 7.48. The first kappa shape index (κ1) is 25.2. The van der Waals surface area contributed by atoms with Gasteiger partial charge in [0.05, 0.1) is 12.2 Å². The topological polar surface area (TPSA) is 58.4 Å². The van der Waals surface area contributed by atoms with E-state index in [9.17, 15) is 9.90 Å². The smallest absolute Gasteiger partial charge is 0.331 e. The highest BCUT2D eigenvalue weighted by Crippen LogP contribution is 2.44. The highest BCUT2D eigenvalue weighted by molar-refractivity contribution is 5.91. The fourth-order valence-electron chi connectivity index (χ4n) is 5.90. The van der Waals surface area contributed by atoms with Crippen LogP contribution in [0.15, 0.2) is 84.7 Å². The summed E-state index contributed by atoms with van der Waals surface area (Å²) in [6.45, 7) is 6.91. The lowest BCUT2D eigenvalue weighted by atomic mass is 9.83. The van der Waals surface area contributed by atoms with E-state index in [2.05, 4.69) is 84.6 Å². The van der Waals surface area contributed by atoms with Crippen molar-refractivity contribution in [2.45, 2.75) is 64.6 Å². The van der Waals surface area contributed by atoms with Crippen LogP contribution in [0.5, 0.6) is 0 Å². The average molecular weight is 518 g/mol. The average Bonchev–Trinajstić information content (AvgIpc) is 3.69. The molecule has 0 bridgehead atoms. The van der Waals surface area contributed by atoms with Crippen LogP contribution in [0.3, 0.4) is 0 Å². The molecule has 1 fully saturated rings. The van der Waals surface area contributed by atoms with Crippen molar-refractivity contribution in [2.75, 3.05) is 4.90 Å². The Hall–Kier alpha value is -4.12. The first-order valence-corrected chi connectivity index (χ1v) is 14.0. The minimum Gasteiger partial charge on any atom is -0.478 e. The number of hydrogen-bond donors (Lipinski definition) is 1. The lowest BCUT2D eigenvalue weighted by Gasteiger charge is -2.44. The van der Waals surface area contributed by atoms with Crippen LogP contribution in [-0.4, -0.2) is 26.9 Å². The normalized spacial score (nSPS) is 19.2. The Morgan fingerprint density at radius 3 is 2.36 bits per heavy atom. The second-order valence-electron chi connectivity index (χ2n) is 11.0. The van der Waals surface area contributed by atoms with Gasteiger partial charge < -0.3 is 10.0 Å². The summed E-state index contributed by atoms with van der Waals surface area (Å²) in [5.74, 6) is -0.157. The van der Waals surface area contributed by atoms with Crippen molar-refractivity contribution >= 4 is 17.7 Å². The molecule has 1 N–H and O–H groups in total. The maximum Gasteiger partial charge on any atom is 0.331 e. The Labute approximate surface area is 230 Å². The minimum absolute atomic E-state index is 0.0570. The molecule has 6 rings (SSSR count). The highest BCUT2D eigenvalue weighted by atomic mass is 16.4. The first-order valence-electron chi connectivity index (χ1n) is 14.0. The van der Waals surface area contributed by atoms with Gasteiger partial charge in [0.1, 0.15) is 0 Å². The van der Waals surface area contributed by atoms with E-state index in [0.717, 1.165) is 30.0 Å². The summed E-state index contributed by atoms with van der Waals surface area (Å²) in [4.78, 5) is 13.9. The molecule has 0 unspecified atom stereocenters. The molecule has 3 aromatic carbocycles. The first-order chi connectivity index (χ1) is 18.9. The van der Waals surface area contributed by atoms with Crippen molar-refractivity contribution in [1.82, 2.24) is 9.78 Å². The lowest BCUT2D eigenvalue weighted by Crippen LogP contribution is -2.42. The van der Waals surface area contributed by atoms with Crippen LogP contribution in [0.4, 0.5) is 5.69 Å². The number of aromatic nitrogens is 2. The Bertz CT molecular complexity index is 1530. The minimum atomic E-state index is -0.893. The van der Waals surface area contributed by atoms with Gasteiger partial charge in [-0.1, -0.05) is 54.6 Å². The Balaban J connectivity index is 1.42. The van der Waals surface area contributed by atoms with Crippen LogP contribution in [0.2, 0.25) is 0 Å². The number of aryl methyl sites for hydroxylation is 1. The molecule has 0 spiro atoms. The third-order valence-electron chi connectivity index (χ3n) is 8.21. The molecule has 198 valence electrons. The summed E-state index contributed by atoms with van der Waals surface area (Å²) in [7, 11) is 0. The zero-order chi connectivity index (χ0) is 27.1. The molecule has 5 heteroatoms. The molecular formula is C34H35N3O2. The van der Waals surface area contributed by atoms with Crippen molar-refractivity contribution in [3.63, 3.8) is 0 Å². The van der Waals surface area contributed by atoms with Crippen LogP contribution in [-0.2, 0) is 17.8 Å². The molecule has 0 amide bonds. The summed E-state index contributed by atoms with van der Waals surface area (Å²) in [6.07, 6.45) is 9.36. The van der Waals surface area contributed by atoms with Gasteiger partial charge in [0.2, 0.25) is 0 Å². The zero-order valence-corrected chi connectivity index (χ0v) is 22.8. The summed E-state index contributed by atoms with van der Waals surface area (Å²) < 4.78 is 1.97. The molecule has 5 nitrogen and oxygen atoms in total. The fourth-order valence-corrected chi connectivity index (χ4v) is 5.90. The number of carbonyl (C=O) groups is 1. The number of aliphatic carboxylic acids is 1. The largest absolute Gasteiger partial charge is 0.478 e. The predicted molar refractivity (Wildman–Crippen MR) is 157 cm³/mol. The maximum atomic E-state index is 11.3. The number of benzene rings is 3. The van der Waals surface area contributed by atoms with E-state index in [4.69, 9.17) is 0 Å². The van der Waals surface area contributed by atoms with E-state index in [1.165, 1.54) is 46.3 Å². The van der Waals surface area contributed by atoms with Crippen LogP contribution in [0.1, 0.15) is 73.4 Å². The quantitative estimate of drug-likeness (QED) is 0.258. The van der Waals surface area contributed by atoms with E-state index < -0.39 is 5.97 Å². The van der Waals surface area contributed by atoms with Gasteiger partial charge in [0.25, 0.3) is 0 Å². The molecule has 1 saturated carbocycles. The molecule has 39 heavy (non-hydrogen) atoms. The summed E-state index contributed by atoms with van der Waals surface area (Å²) in [5, 5.41) is 13.8. The second-order valence-corrected chi connectivity index (χ2v) is 11.0. The van der Waals surface area contributed by atoms with Crippen molar-refractivity contribution in [1.29, 1.82) is 0 Å². The maximum absolute atomic E-state index is 11.3. The number of carboxylic acid groups (broad SMARTS) is 1. The van der Waals surface area contributed by atoms with Gasteiger partial charge in [-0.25, -0.2) is 4.79 Å². The van der Waals surface area contributed by atoms with Gasteiger partial charge in [0.15, 0.2) is 0 Å². The molecule has 2 atom stereocenters. The number of hydrogen-bond acceptors (Lipinski definition) is 3. The van der Waals surface area contributed by atoms with Crippen molar-refractivity contribution in [3.05, 3.63) is 113 Å². The number of rotatable bonds is 7. The zero-order valence-electron chi connectivity index (χ0n) is 22.8. The summed E-state index contributed by atoms with van der Waals surface area (Å²) in [6, 6.07) is 24.8. The van der Waals surface area contributed by atoms with Crippen molar-refractivity contribution in [2.24, 2.45) is 0 Å². The van der Waals surface area contributed by atoms with E-state index in [0.29, 0.717) is 11.6 Å². The molecule has 1 aliphatic heterocycles. The van der Waals surface area contributed by atoms with E-state index in [1.54, 1.807) is 13.0 Å². The third kappa shape index (κ3) is 5.01. The van der Waals surface area contributed by atoms with Crippen LogP contribution < -0.4 is 4.90 Å². The van der Waals surface area contributed by atoms with Gasteiger partial charge in [-0.15, -0.1) is 0 Å². The molecule has 2 heterocycles. The lowest BCUT2D eigenvalue weighted by molar-refractivity contribution is -0.132. The Morgan fingerprint density at radius 2 is 1.72 bits per heavy atom. The van der Waals surface area contributed by atoms with E-state index >= 15 is 0 Å². The van der Waals surface area contributed by atoms with Gasteiger partial charge in [-0.2, -0.15) is 5.10 Å². The molecule has 1 aliphatic carbocycles. The van der Waals surface area contributed by atoms with Gasteiger partial charge in [-0.05, 0) is 97.5 Å². The van der Waals surface area contributed by atoms with Gasteiger partial charge in [-0.3, -0.25) is 4.68 Å². The summed E-state index contributed by atoms with van der Waals surface area (Å²) in [5.41, 5.74) is 10.1. The SMILES string of the molecule is CCn1cc(-c2ccc3c(c2)C[C@H](C)N(c2ccc(C4CC4)cc2)[C@H]3c2ccc(/C=C(\C)C(=O)O)cc2)cn1. The highest BCUT2D eigenvalue weighted by Gasteiger charge is 2.34. The number of carboxylic acids is 1. The van der Waals surface area contributed by atoms with Crippen molar-refractivity contribution < 1.29 is 9.90 Å². The van der Waals surface area contributed by atoms with Gasteiger partial charge >= 0.3 is 5.97 Å². The molecular weight excluding hydrogens is 482 g/mol. The Kier molecular flexibility index (Phi) is 6.59.